The van der Waals surface area contributed by atoms with Gasteiger partial charge in [0.15, 0.2) is 9.84 Å². The van der Waals surface area contributed by atoms with Crippen LogP contribution in [0.3, 0.4) is 0 Å². The molecule has 0 spiro atoms. The minimum Gasteiger partial charge on any atom is -0.361 e. The summed E-state index contributed by atoms with van der Waals surface area (Å²) in [4.78, 5) is 15.6. The summed E-state index contributed by atoms with van der Waals surface area (Å²) in [6, 6.07) is 15.3. The Balaban J connectivity index is 1.97. The van der Waals surface area contributed by atoms with Crippen molar-refractivity contribution in [3.63, 3.8) is 0 Å². The molecular weight excluding hydrogens is 384 g/mol. The van der Waals surface area contributed by atoms with Gasteiger partial charge in [0.1, 0.15) is 5.25 Å². The highest BCUT2D eigenvalue weighted by molar-refractivity contribution is 7.92. The van der Waals surface area contributed by atoms with Crippen LogP contribution in [0.2, 0.25) is 5.02 Å². The van der Waals surface area contributed by atoms with E-state index >= 15 is 0 Å². The summed E-state index contributed by atoms with van der Waals surface area (Å²) < 4.78 is 23.3. The summed E-state index contributed by atoms with van der Waals surface area (Å²) >= 11 is 6.42. The number of carbonyl (C=O) groups is 1. The molecule has 2 aromatic carbocycles. The Morgan fingerprint density at radius 3 is 2.48 bits per heavy atom. The summed E-state index contributed by atoms with van der Waals surface area (Å²) in [5.74, 6) is -0.736. The Hall–Kier alpha value is -2.31. The molecule has 0 radical (unpaired) electrons. The number of halogens is 1. The summed E-state index contributed by atoms with van der Waals surface area (Å²) in [5.41, 5.74) is 2.85. The largest absolute Gasteiger partial charge is 0.361 e. The van der Waals surface area contributed by atoms with Gasteiger partial charge < -0.3 is 10.3 Å². The Morgan fingerprint density at radius 1 is 1.11 bits per heavy atom. The number of aromatic amines is 1. The fourth-order valence-electron chi connectivity index (χ4n) is 3.07. The maximum atomic E-state index is 12.3. The molecule has 0 saturated carbocycles. The predicted molar refractivity (Wildman–Crippen MR) is 109 cm³/mol. The van der Waals surface area contributed by atoms with Crippen molar-refractivity contribution in [3.05, 3.63) is 70.9 Å². The molecule has 0 fully saturated rings. The third-order valence-electron chi connectivity index (χ3n) is 4.77. The van der Waals surface area contributed by atoms with Crippen LogP contribution in [0.15, 0.2) is 54.7 Å². The number of amides is 1. The van der Waals surface area contributed by atoms with Gasteiger partial charge in [-0.3, -0.25) is 4.79 Å². The fourth-order valence-corrected chi connectivity index (χ4v) is 3.81. The first-order chi connectivity index (χ1) is 12.8. The number of hydrogen-bond donors (Lipinski definition) is 2. The zero-order chi connectivity index (χ0) is 19.6. The average Bonchev–Trinajstić information content (AvgIpc) is 3.06. The molecule has 1 heterocycles. The van der Waals surface area contributed by atoms with Gasteiger partial charge in [-0.25, -0.2) is 8.42 Å². The highest BCUT2D eigenvalue weighted by Crippen LogP contribution is 2.34. The van der Waals surface area contributed by atoms with Gasteiger partial charge in [-0.1, -0.05) is 48.0 Å². The van der Waals surface area contributed by atoms with Gasteiger partial charge in [0.05, 0.1) is 0 Å². The van der Waals surface area contributed by atoms with Crippen molar-refractivity contribution in [3.8, 4) is 0 Å². The topological polar surface area (TPSA) is 79.0 Å². The lowest BCUT2D eigenvalue weighted by Crippen LogP contribution is -2.39. The van der Waals surface area contributed by atoms with Crippen molar-refractivity contribution in [2.45, 2.75) is 18.1 Å². The van der Waals surface area contributed by atoms with Crippen LogP contribution in [0.1, 0.15) is 24.0 Å². The number of aromatic nitrogens is 1. The Labute approximate surface area is 163 Å². The maximum Gasteiger partial charge on any atom is 0.238 e. The quantitative estimate of drug-likeness (QED) is 0.659. The molecule has 0 aliphatic heterocycles. The molecular formula is C20H21ClN2O3S. The Morgan fingerprint density at radius 2 is 1.78 bits per heavy atom. The van der Waals surface area contributed by atoms with E-state index in [1.54, 1.807) is 6.07 Å². The van der Waals surface area contributed by atoms with Gasteiger partial charge in [0, 0.05) is 40.8 Å². The standard InChI is InChI=1S/C20H21ClN2O3S/c1-13(27(2,25)26)20(24)23-12-16(14-7-3-5-9-18(14)21)17-11-22-19-10-6-4-8-15(17)19/h3-11,13,16,22H,12H2,1-2H3,(H,23,24). The zero-order valence-corrected chi connectivity index (χ0v) is 16.6. The lowest BCUT2D eigenvalue weighted by molar-refractivity contribution is -0.120. The predicted octanol–water partition coefficient (Wildman–Crippen LogP) is 3.50. The van der Waals surface area contributed by atoms with Crippen LogP contribution in [-0.2, 0) is 14.6 Å². The molecule has 0 aliphatic carbocycles. The number of rotatable bonds is 6. The molecule has 142 valence electrons. The first kappa shape index (κ1) is 19.5. The van der Waals surface area contributed by atoms with E-state index in [1.165, 1.54) is 6.92 Å². The van der Waals surface area contributed by atoms with Crippen molar-refractivity contribution in [1.82, 2.24) is 10.3 Å². The molecule has 3 aromatic rings. The number of para-hydroxylation sites is 1. The Kier molecular flexibility index (Phi) is 5.58. The molecule has 0 saturated heterocycles. The third kappa shape index (κ3) is 4.17. The van der Waals surface area contributed by atoms with E-state index in [0.29, 0.717) is 5.02 Å². The first-order valence-electron chi connectivity index (χ1n) is 8.56. The molecule has 7 heteroatoms. The highest BCUT2D eigenvalue weighted by atomic mass is 35.5. The third-order valence-corrected chi connectivity index (χ3v) is 6.61. The number of hydrogen-bond acceptors (Lipinski definition) is 3. The van der Waals surface area contributed by atoms with Crippen LogP contribution in [0.25, 0.3) is 10.9 Å². The minimum atomic E-state index is -3.46. The monoisotopic (exact) mass is 404 g/mol. The van der Waals surface area contributed by atoms with Crippen molar-refractivity contribution in [1.29, 1.82) is 0 Å². The molecule has 1 amide bonds. The van der Waals surface area contributed by atoms with Crippen LogP contribution in [-0.4, -0.2) is 37.4 Å². The first-order valence-corrected chi connectivity index (χ1v) is 10.9. The molecule has 0 bridgehead atoms. The molecule has 27 heavy (non-hydrogen) atoms. The number of sulfone groups is 1. The van der Waals surface area contributed by atoms with Crippen LogP contribution in [0, 0.1) is 0 Å². The molecule has 2 atom stereocenters. The summed E-state index contributed by atoms with van der Waals surface area (Å²) in [7, 11) is -3.46. The minimum absolute atomic E-state index is 0.217. The van der Waals surface area contributed by atoms with Gasteiger partial charge in [-0.15, -0.1) is 0 Å². The summed E-state index contributed by atoms with van der Waals surface area (Å²) in [6.07, 6.45) is 2.97. The van der Waals surface area contributed by atoms with Crippen LogP contribution in [0.4, 0.5) is 0 Å². The van der Waals surface area contributed by atoms with Crippen molar-refractivity contribution in [2.24, 2.45) is 0 Å². The maximum absolute atomic E-state index is 12.3. The molecule has 3 rings (SSSR count). The smallest absolute Gasteiger partial charge is 0.238 e. The van der Waals surface area contributed by atoms with E-state index in [4.69, 9.17) is 11.6 Å². The summed E-state index contributed by atoms with van der Waals surface area (Å²) in [6.45, 7) is 1.63. The van der Waals surface area contributed by atoms with Crippen molar-refractivity contribution >= 4 is 38.2 Å². The van der Waals surface area contributed by atoms with E-state index in [-0.39, 0.29) is 12.5 Å². The van der Waals surface area contributed by atoms with Gasteiger partial charge in [0.25, 0.3) is 0 Å². The zero-order valence-electron chi connectivity index (χ0n) is 15.1. The van der Waals surface area contributed by atoms with E-state index in [1.807, 2.05) is 48.7 Å². The van der Waals surface area contributed by atoms with E-state index in [9.17, 15) is 13.2 Å². The molecule has 2 N–H and O–H groups in total. The normalized spacial score (nSPS) is 14.0. The van der Waals surface area contributed by atoms with Crippen LogP contribution in [0.5, 0.6) is 0 Å². The van der Waals surface area contributed by atoms with Gasteiger partial charge in [-0.05, 0) is 30.2 Å². The number of benzene rings is 2. The second-order valence-electron chi connectivity index (χ2n) is 6.58. The second-order valence-corrected chi connectivity index (χ2v) is 9.35. The molecule has 0 aliphatic rings. The van der Waals surface area contributed by atoms with E-state index in [0.717, 1.165) is 28.3 Å². The van der Waals surface area contributed by atoms with Crippen molar-refractivity contribution in [2.75, 3.05) is 12.8 Å². The number of H-pyrrole nitrogens is 1. The van der Waals surface area contributed by atoms with Gasteiger partial charge in [-0.2, -0.15) is 0 Å². The molecule has 1 aromatic heterocycles. The SMILES string of the molecule is CC(C(=O)NCC(c1ccccc1Cl)c1c[nH]c2ccccc12)S(C)(=O)=O. The summed E-state index contributed by atoms with van der Waals surface area (Å²) in [5, 5.41) is 3.30. The number of fused-ring (bicyclic) bond motifs is 1. The van der Waals surface area contributed by atoms with Gasteiger partial charge in [0.2, 0.25) is 5.91 Å². The van der Waals surface area contributed by atoms with Crippen LogP contribution < -0.4 is 5.32 Å². The fraction of sp³-hybridized carbons (Fsp3) is 0.250. The lowest BCUT2D eigenvalue weighted by atomic mass is 9.90. The molecule has 2 unspecified atom stereocenters. The van der Waals surface area contributed by atoms with Gasteiger partial charge >= 0.3 is 0 Å². The second kappa shape index (κ2) is 7.74. The van der Waals surface area contributed by atoms with Crippen molar-refractivity contribution < 1.29 is 13.2 Å². The highest BCUT2D eigenvalue weighted by Gasteiger charge is 2.26. The lowest BCUT2D eigenvalue weighted by Gasteiger charge is -2.20. The van der Waals surface area contributed by atoms with E-state index < -0.39 is 21.0 Å². The molecule has 5 nitrogen and oxygen atoms in total. The van der Waals surface area contributed by atoms with E-state index in [2.05, 4.69) is 10.3 Å². The average molecular weight is 405 g/mol. The Bertz CT molecular complexity index is 1080. The number of carbonyl (C=O) groups excluding carboxylic acids is 1. The number of nitrogens with one attached hydrogen (secondary N) is 2. The van der Waals surface area contributed by atoms with Crippen LogP contribution >= 0.6 is 11.6 Å².